The van der Waals surface area contributed by atoms with Gasteiger partial charge in [0.05, 0.1) is 17.9 Å². The number of carboxylic acid groups (broad SMARTS) is 2. The zero-order valence-electron chi connectivity index (χ0n) is 8.85. The zero-order chi connectivity index (χ0) is 12.3. The number of hydrogen-bond acceptors (Lipinski definition) is 4. The van der Waals surface area contributed by atoms with Crippen molar-refractivity contribution >= 4 is 11.9 Å². The Morgan fingerprint density at radius 3 is 2.44 bits per heavy atom. The van der Waals surface area contributed by atoms with Gasteiger partial charge >= 0.3 is 11.9 Å². The van der Waals surface area contributed by atoms with E-state index in [2.05, 4.69) is 4.98 Å². The minimum absolute atomic E-state index is 0.00917. The van der Waals surface area contributed by atoms with Gasteiger partial charge < -0.3 is 14.9 Å². The van der Waals surface area contributed by atoms with Crippen molar-refractivity contribution in [2.75, 3.05) is 6.61 Å². The topological polar surface area (TPSA) is 96.7 Å². The second kappa shape index (κ2) is 4.61. The molecule has 0 atom stereocenters. The molecule has 0 aliphatic rings. The third-order valence-electron chi connectivity index (χ3n) is 1.95. The van der Waals surface area contributed by atoms with Gasteiger partial charge in [-0.2, -0.15) is 0 Å². The second-order valence-electron chi connectivity index (χ2n) is 3.00. The van der Waals surface area contributed by atoms with Gasteiger partial charge in [-0.25, -0.2) is 9.59 Å². The SMILES string of the molecule is CCOc1c(C)ncc(C(=O)O)c1C(=O)O. The Bertz CT molecular complexity index is 441. The molecule has 2 N–H and O–H groups in total. The number of carbonyl (C=O) groups is 2. The number of aromatic nitrogens is 1. The first-order valence-corrected chi connectivity index (χ1v) is 4.58. The molecule has 0 aliphatic carbocycles. The summed E-state index contributed by atoms with van der Waals surface area (Å²) in [6.07, 6.45) is 1.02. The van der Waals surface area contributed by atoms with Gasteiger partial charge in [-0.1, -0.05) is 0 Å². The number of rotatable bonds is 4. The van der Waals surface area contributed by atoms with Crippen molar-refractivity contribution in [2.45, 2.75) is 13.8 Å². The number of pyridine rings is 1. The fraction of sp³-hybridized carbons (Fsp3) is 0.300. The molecular weight excluding hydrogens is 214 g/mol. The van der Waals surface area contributed by atoms with Crippen LogP contribution in [0.2, 0.25) is 0 Å². The van der Waals surface area contributed by atoms with Gasteiger partial charge in [-0.3, -0.25) is 4.98 Å². The Morgan fingerprint density at radius 2 is 2.00 bits per heavy atom. The molecule has 6 nitrogen and oxygen atoms in total. The molecule has 16 heavy (non-hydrogen) atoms. The highest BCUT2D eigenvalue weighted by Crippen LogP contribution is 2.25. The maximum absolute atomic E-state index is 11.0. The highest BCUT2D eigenvalue weighted by Gasteiger charge is 2.23. The minimum Gasteiger partial charge on any atom is -0.491 e. The molecule has 0 spiro atoms. The second-order valence-corrected chi connectivity index (χ2v) is 3.00. The predicted molar refractivity (Wildman–Crippen MR) is 54.1 cm³/mol. The molecule has 0 fully saturated rings. The lowest BCUT2D eigenvalue weighted by Crippen LogP contribution is -2.13. The maximum atomic E-state index is 11.0. The number of hydrogen-bond donors (Lipinski definition) is 2. The van der Waals surface area contributed by atoms with E-state index in [4.69, 9.17) is 14.9 Å². The summed E-state index contributed by atoms with van der Waals surface area (Å²) in [4.78, 5) is 25.6. The fourth-order valence-electron chi connectivity index (χ4n) is 1.28. The van der Waals surface area contributed by atoms with Gasteiger partial charge in [0.15, 0.2) is 5.75 Å². The van der Waals surface area contributed by atoms with Crippen LogP contribution in [0.5, 0.6) is 5.75 Å². The Morgan fingerprint density at radius 1 is 1.38 bits per heavy atom. The van der Waals surface area contributed by atoms with Crippen LogP contribution in [0, 0.1) is 6.92 Å². The van der Waals surface area contributed by atoms with E-state index >= 15 is 0 Å². The highest BCUT2D eigenvalue weighted by atomic mass is 16.5. The van der Waals surface area contributed by atoms with Gasteiger partial charge in [-0.15, -0.1) is 0 Å². The van der Waals surface area contributed by atoms with Gasteiger partial charge in [0.2, 0.25) is 0 Å². The summed E-state index contributed by atoms with van der Waals surface area (Å²) in [5.74, 6) is -2.67. The number of nitrogens with zero attached hydrogens (tertiary/aromatic N) is 1. The van der Waals surface area contributed by atoms with Crippen LogP contribution in [0.15, 0.2) is 6.20 Å². The predicted octanol–water partition coefficient (Wildman–Crippen LogP) is 1.19. The van der Waals surface area contributed by atoms with E-state index in [0.717, 1.165) is 6.20 Å². The first-order valence-electron chi connectivity index (χ1n) is 4.58. The summed E-state index contributed by atoms with van der Waals surface area (Å²) in [6.45, 7) is 3.48. The van der Waals surface area contributed by atoms with Crippen molar-refractivity contribution in [3.8, 4) is 5.75 Å². The van der Waals surface area contributed by atoms with Crippen LogP contribution in [0.25, 0.3) is 0 Å². The van der Waals surface area contributed by atoms with Crippen LogP contribution in [-0.2, 0) is 0 Å². The maximum Gasteiger partial charge on any atom is 0.340 e. The van der Waals surface area contributed by atoms with Crippen LogP contribution in [0.3, 0.4) is 0 Å². The zero-order valence-corrected chi connectivity index (χ0v) is 8.85. The minimum atomic E-state index is -1.34. The summed E-state index contributed by atoms with van der Waals surface area (Å²) < 4.78 is 5.11. The van der Waals surface area contributed by atoms with Gasteiger partial charge in [0.1, 0.15) is 5.56 Å². The van der Waals surface area contributed by atoms with E-state index < -0.39 is 11.9 Å². The molecule has 6 heteroatoms. The average Bonchev–Trinajstić information content (AvgIpc) is 2.20. The molecule has 0 saturated heterocycles. The molecule has 1 aromatic heterocycles. The molecule has 0 bridgehead atoms. The smallest absolute Gasteiger partial charge is 0.340 e. The number of ether oxygens (including phenoxy) is 1. The lowest BCUT2D eigenvalue weighted by Gasteiger charge is -2.11. The van der Waals surface area contributed by atoms with Gasteiger partial charge in [-0.05, 0) is 13.8 Å². The van der Waals surface area contributed by atoms with E-state index in [9.17, 15) is 9.59 Å². The largest absolute Gasteiger partial charge is 0.491 e. The lowest BCUT2D eigenvalue weighted by atomic mass is 10.1. The molecule has 1 heterocycles. The Labute approximate surface area is 91.5 Å². The van der Waals surface area contributed by atoms with Crippen LogP contribution >= 0.6 is 0 Å². The molecule has 0 amide bonds. The van der Waals surface area contributed by atoms with Crippen molar-refractivity contribution in [1.29, 1.82) is 0 Å². The summed E-state index contributed by atoms with van der Waals surface area (Å²) in [5.41, 5.74) is -0.382. The van der Waals surface area contributed by atoms with Crippen LogP contribution < -0.4 is 4.74 Å². The van der Waals surface area contributed by atoms with E-state index in [1.54, 1.807) is 13.8 Å². The van der Waals surface area contributed by atoms with Crippen molar-refractivity contribution in [1.82, 2.24) is 4.98 Å². The number of aromatic carboxylic acids is 2. The standard InChI is InChI=1S/C10H11NO5/c1-3-16-8-5(2)11-4-6(9(12)13)7(8)10(14)15/h4H,3H2,1-2H3,(H,12,13)(H,14,15). The highest BCUT2D eigenvalue weighted by molar-refractivity contribution is 6.03. The van der Waals surface area contributed by atoms with E-state index in [1.807, 2.05) is 0 Å². The van der Waals surface area contributed by atoms with Crippen LogP contribution in [0.4, 0.5) is 0 Å². The molecule has 0 unspecified atom stereocenters. The van der Waals surface area contributed by atoms with Crippen LogP contribution in [0.1, 0.15) is 33.3 Å². The molecule has 1 rings (SSSR count). The summed E-state index contributed by atoms with van der Waals surface area (Å²) in [7, 11) is 0. The van der Waals surface area contributed by atoms with Crippen molar-refractivity contribution in [3.63, 3.8) is 0 Å². The molecule has 86 valence electrons. The van der Waals surface area contributed by atoms with Gasteiger partial charge in [0.25, 0.3) is 0 Å². The van der Waals surface area contributed by atoms with E-state index in [0.29, 0.717) is 5.69 Å². The van der Waals surface area contributed by atoms with E-state index in [1.165, 1.54) is 0 Å². The monoisotopic (exact) mass is 225 g/mol. The summed E-state index contributed by atoms with van der Waals surface area (Å²) in [5, 5.41) is 17.8. The number of carboxylic acids is 2. The molecule has 0 aromatic carbocycles. The van der Waals surface area contributed by atoms with Crippen molar-refractivity contribution in [3.05, 3.63) is 23.0 Å². The van der Waals surface area contributed by atoms with Crippen molar-refractivity contribution < 1.29 is 24.5 Å². The Kier molecular flexibility index (Phi) is 3.44. The normalized spacial score (nSPS) is 9.88. The van der Waals surface area contributed by atoms with Crippen LogP contribution in [-0.4, -0.2) is 33.7 Å². The Hall–Kier alpha value is -2.11. The van der Waals surface area contributed by atoms with E-state index in [-0.39, 0.29) is 23.5 Å². The first-order chi connectivity index (χ1) is 7.49. The molecule has 1 aromatic rings. The molecule has 0 saturated carbocycles. The first kappa shape index (κ1) is 12.0. The Balaban J connectivity index is 3.49. The fourth-order valence-corrected chi connectivity index (χ4v) is 1.28. The summed E-state index contributed by atoms with van der Waals surface area (Å²) >= 11 is 0. The van der Waals surface area contributed by atoms with Crippen molar-refractivity contribution in [2.24, 2.45) is 0 Å². The molecular formula is C10H11NO5. The summed E-state index contributed by atoms with van der Waals surface area (Å²) in [6, 6.07) is 0. The lowest BCUT2D eigenvalue weighted by molar-refractivity contribution is 0.0646. The van der Waals surface area contributed by atoms with Gasteiger partial charge in [0, 0.05) is 6.20 Å². The average molecular weight is 225 g/mol. The molecule has 0 aliphatic heterocycles. The number of aryl methyl sites for hydroxylation is 1. The quantitative estimate of drug-likeness (QED) is 0.798. The third kappa shape index (κ3) is 2.10. The molecule has 0 radical (unpaired) electrons. The third-order valence-corrected chi connectivity index (χ3v) is 1.95.